The Balaban J connectivity index is 0.00000158. The van der Waals surface area contributed by atoms with Gasteiger partial charge in [-0.05, 0) is 59.1 Å². The molecule has 2 aliphatic rings. The van der Waals surface area contributed by atoms with Crippen LogP contribution in [0.15, 0.2) is 16.8 Å². The van der Waals surface area contributed by atoms with Crippen LogP contribution >= 0.6 is 0 Å². The van der Waals surface area contributed by atoms with Crippen molar-refractivity contribution in [2.45, 2.75) is 103 Å². The number of rotatable bonds is 23. The predicted molar refractivity (Wildman–Crippen MR) is 247 cm³/mol. The molecule has 5 N–H and O–H groups in total. The maximum absolute atomic E-state index is 13.2. The van der Waals surface area contributed by atoms with Crippen LogP contribution in [0.1, 0.15) is 106 Å². The summed E-state index contributed by atoms with van der Waals surface area (Å²) >= 11 is 0. The molecule has 0 aromatic carbocycles. The molecule has 25 heteroatoms. The van der Waals surface area contributed by atoms with Gasteiger partial charge in [0.2, 0.25) is 11.6 Å². The fraction of sp³-hybridized carbons (Fsp3) is 0.469. The summed E-state index contributed by atoms with van der Waals surface area (Å²) in [4.78, 5) is 124. The predicted octanol–water partition coefficient (Wildman–Crippen LogP) is 0.390. The summed E-state index contributed by atoms with van der Waals surface area (Å²) in [5.74, 6) is -6.68. The number of H-pyrrole nitrogens is 3. The van der Waals surface area contributed by atoms with Crippen LogP contribution < -0.4 is 15.4 Å². The number of fused-ring (bicyclic) bond motifs is 1. The summed E-state index contributed by atoms with van der Waals surface area (Å²) in [7, 11) is 8.93. The fourth-order valence-electron chi connectivity index (χ4n) is 8.42. The summed E-state index contributed by atoms with van der Waals surface area (Å²) in [6, 6.07) is 0. The molecular weight excluding hydrogens is 988 g/mol. The SMILES string of the molecule is COC(=O)CCC1=C(CC(=O)OC)/C(=C\c2[nH]c(Cc3[nH]c(Cc4[nH]c5c(c4CCC(=O)OC)CC(=O)NC5)c(CC(=O)OC)c3CCC(=O)OC)c(CC(=O)OC)c2CCC(=O)OC)[NH+]=C1.O=C([O-])C(F)(F)F. The molecule has 0 unspecified atom stereocenters. The van der Waals surface area contributed by atoms with Gasteiger partial charge in [0, 0.05) is 89.9 Å². The lowest BCUT2D eigenvalue weighted by Gasteiger charge is -2.14. The number of methoxy groups -OCH3 is 7. The molecule has 74 heavy (non-hydrogen) atoms. The third-order valence-corrected chi connectivity index (χ3v) is 12.2. The van der Waals surface area contributed by atoms with E-state index in [1.165, 1.54) is 49.8 Å². The molecule has 0 atom stereocenters. The summed E-state index contributed by atoms with van der Waals surface area (Å²) in [5.41, 5.74) is 9.23. The van der Waals surface area contributed by atoms with Gasteiger partial charge in [-0.2, -0.15) is 13.2 Å². The number of carbonyl (C=O) groups is 9. The van der Waals surface area contributed by atoms with Gasteiger partial charge in [-0.1, -0.05) is 0 Å². The van der Waals surface area contributed by atoms with E-state index in [0.717, 1.165) is 16.8 Å². The highest BCUT2D eigenvalue weighted by molar-refractivity contribution is 5.87. The van der Waals surface area contributed by atoms with Gasteiger partial charge in [0.1, 0.15) is 5.97 Å². The largest absolute Gasteiger partial charge is 0.542 e. The first-order valence-corrected chi connectivity index (χ1v) is 22.8. The molecule has 0 radical (unpaired) electrons. The molecule has 5 heterocycles. The Morgan fingerprint density at radius 2 is 1.00 bits per heavy atom. The van der Waals surface area contributed by atoms with Crippen molar-refractivity contribution in [2.24, 2.45) is 0 Å². The smallest absolute Gasteiger partial charge is 0.430 e. The molecular formula is C49H58F3N5O17. The van der Waals surface area contributed by atoms with Crippen molar-refractivity contribution in [3.63, 3.8) is 0 Å². The first kappa shape index (κ1) is 58.6. The number of allylic oxidation sites excluding steroid dienone is 2. The number of carboxylic acid groups (broad SMARTS) is 1. The van der Waals surface area contributed by atoms with Gasteiger partial charge in [-0.3, -0.25) is 38.4 Å². The lowest BCUT2D eigenvalue weighted by atomic mass is 9.94. The Labute approximate surface area is 421 Å². The lowest BCUT2D eigenvalue weighted by molar-refractivity contribution is -0.380. The molecule has 1 amide bonds. The number of halogens is 3. The second kappa shape index (κ2) is 27.2. The van der Waals surface area contributed by atoms with E-state index < -0.39 is 53.9 Å². The Bertz CT molecular complexity index is 2720. The number of hydrogen-bond donors (Lipinski definition) is 5. The number of ether oxygens (including phenoxy) is 7. The number of carbonyl (C=O) groups excluding carboxylic acids is 9. The monoisotopic (exact) mass is 1050 g/mol. The molecule has 0 spiro atoms. The van der Waals surface area contributed by atoms with Crippen molar-refractivity contribution in [1.82, 2.24) is 20.3 Å². The third-order valence-electron chi connectivity index (χ3n) is 12.2. The van der Waals surface area contributed by atoms with Gasteiger partial charge < -0.3 is 63.3 Å². The molecule has 0 aliphatic carbocycles. The fourth-order valence-corrected chi connectivity index (χ4v) is 8.42. The second-order valence-corrected chi connectivity index (χ2v) is 16.6. The van der Waals surface area contributed by atoms with E-state index >= 15 is 0 Å². The number of aromatic amines is 3. The molecule has 0 saturated heterocycles. The van der Waals surface area contributed by atoms with Gasteiger partial charge in [-0.25, -0.2) is 4.99 Å². The first-order valence-electron chi connectivity index (χ1n) is 22.8. The Kier molecular flexibility index (Phi) is 21.5. The van der Waals surface area contributed by atoms with E-state index in [1.807, 2.05) is 0 Å². The maximum atomic E-state index is 13.2. The summed E-state index contributed by atoms with van der Waals surface area (Å²) in [5, 5.41) is 11.6. The number of aliphatic carboxylic acids is 1. The van der Waals surface area contributed by atoms with Gasteiger partial charge in [0.05, 0.1) is 82.0 Å². The second-order valence-electron chi connectivity index (χ2n) is 16.6. The Hall–Kier alpha value is -7.99. The van der Waals surface area contributed by atoms with Crippen molar-refractivity contribution in [3.05, 3.63) is 84.4 Å². The van der Waals surface area contributed by atoms with Crippen molar-refractivity contribution < 1.29 is 99.6 Å². The van der Waals surface area contributed by atoms with Crippen LogP contribution in [0.4, 0.5) is 13.2 Å². The van der Waals surface area contributed by atoms with Crippen LogP contribution in [0.2, 0.25) is 0 Å². The van der Waals surface area contributed by atoms with Crippen LogP contribution in [0.5, 0.6) is 0 Å². The van der Waals surface area contributed by atoms with E-state index in [9.17, 15) is 51.5 Å². The van der Waals surface area contributed by atoms with Crippen LogP contribution in [-0.2, 0) is 134 Å². The molecule has 2 aliphatic heterocycles. The summed E-state index contributed by atoms with van der Waals surface area (Å²) in [6.45, 7) is 0.254. The number of amides is 1. The molecule has 0 fully saturated rings. The quantitative estimate of drug-likeness (QED) is 0.0634. The highest BCUT2D eigenvalue weighted by Crippen LogP contribution is 2.34. The zero-order valence-electron chi connectivity index (χ0n) is 41.8. The number of hydrogen-bond acceptors (Lipinski definition) is 17. The molecule has 3 aromatic heterocycles. The number of carboxylic acids is 1. The molecule has 0 bridgehead atoms. The Morgan fingerprint density at radius 3 is 1.50 bits per heavy atom. The van der Waals surface area contributed by atoms with Crippen LogP contribution in [0.3, 0.4) is 0 Å². The van der Waals surface area contributed by atoms with Gasteiger partial charge in [0.15, 0.2) is 6.21 Å². The molecule has 402 valence electrons. The molecule has 22 nitrogen and oxygen atoms in total. The standard InChI is InChI=1S/C47H57N5O15.C2HF3O2/c1-61-41(54)12-8-25-23-48-33(29(25)17-45(58)65-5)20-34-27(10-14-43(56)63-3)31(18-46(59)66-6)37(50-34)21-35-28(11-15-44(57)64-4)32(19-47(60)67-7)38(51-35)22-36-26(9-13-42(55)62-2)30-16-40(53)49-24-39(30)52-36;3-2(4,5)1(6)7/h20,23,50-52H,8-19,21-22,24H2,1-7H3,(H,49,53);(H,6,7)/b33-20+;. The van der Waals surface area contributed by atoms with Crippen molar-refractivity contribution >= 4 is 66.0 Å². The van der Waals surface area contributed by atoms with Crippen LogP contribution in [0.25, 0.3) is 6.08 Å². The number of nitrogens with one attached hydrogen (secondary N) is 5. The number of aromatic nitrogens is 3. The summed E-state index contributed by atoms with van der Waals surface area (Å²) in [6.07, 6.45) is -1.16. The molecule has 5 rings (SSSR count). The minimum absolute atomic E-state index is 0.0502. The van der Waals surface area contributed by atoms with Crippen LogP contribution in [-0.4, -0.2) is 131 Å². The average Bonchev–Trinajstić information content (AvgIpc) is 4.11. The van der Waals surface area contributed by atoms with E-state index in [0.29, 0.717) is 67.6 Å². The average molecular weight is 1050 g/mol. The van der Waals surface area contributed by atoms with Crippen LogP contribution in [0, 0.1) is 0 Å². The minimum atomic E-state index is -5.19. The van der Waals surface area contributed by atoms with Gasteiger partial charge in [-0.15, -0.1) is 0 Å². The Morgan fingerprint density at radius 1 is 0.581 bits per heavy atom. The highest BCUT2D eigenvalue weighted by Gasteiger charge is 2.32. The molecule has 3 aromatic rings. The minimum Gasteiger partial charge on any atom is -0.542 e. The van der Waals surface area contributed by atoms with Gasteiger partial charge >= 0.3 is 48.0 Å². The third kappa shape index (κ3) is 16.0. The lowest BCUT2D eigenvalue weighted by Crippen LogP contribution is -2.64. The normalized spacial score (nSPS) is 13.3. The number of esters is 7. The van der Waals surface area contributed by atoms with E-state index in [-0.39, 0.29) is 102 Å². The topological polar surface area (TPSA) is 315 Å². The molecule has 0 saturated carbocycles. The van der Waals surface area contributed by atoms with E-state index in [1.54, 1.807) is 12.3 Å². The van der Waals surface area contributed by atoms with Crippen molar-refractivity contribution in [1.29, 1.82) is 0 Å². The summed E-state index contributed by atoms with van der Waals surface area (Å²) < 4.78 is 66.6. The van der Waals surface area contributed by atoms with Crippen molar-refractivity contribution in [2.75, 3.05) is 49.8 Å². The maximum Gasteiger partial charge on any atom is 0.430 e. The highest BCUT2D eigenvalue weighted by atomic mass is 19.4. The van der Waals surface area contributed by atoms with Gasteiger partial charge in [0.25, 0.3) is 0 Å². The first-order chi connectivity index (χ1) is 35.1. The zero-order chi connectivity index (χ0) is 54.9. The van der Waals surface area contributed by atoms with E-state index in [2.05, 4.69) is 25.3 Å². The van der Waals surface area contributed by atoms with Crippen molar-refractivity contribution in [3.8, 4) is 0 Å². The number of alkyl halides is 3. The zero-order valence-corrected chi connectivity index (χ0v) is 41.8. The van der Waals surface area contributed by atoms with E-state index in [4.69, 9.17) is 43.1 Å².